The van der Waals surface area contributed by atoms with E-state index in [1.807, 2.05) is 66.9 Å². The van der Waals surface area contributed by atoms with E-state index in [1.165, 1.54) is 5.56 Å². The van der Waals surface area contributed by atoms with Crippen molar-refractivity contribution in [1.29, 1.82) is 0 Å². The van der Waals surface area contributed by atoms with Gasteiger partial charge in [-0.3, -0.25) is 0 Å². The van der Waals surface area contributed by atoms with E-state index in [0.29, 0.717) is 0 Å². The summed E-state index contributed by atoms with van der Waals surface area (Å²) in [5, 5.41) is 3.20. The zero-order chi connectivity index (χ0) is 11.8. The number of nitrogens with one attached hydrogen (secondary N) is 1. The lowest BCUT2D eigenvalue weighted by Gasteiger charge is -1.97. The van der Waals surface area contributed by atoms with Crippen molar-refractivity contribution in [3.63, 3.8) is 0 Å². The molecule has 0 aliphatic rings. The van der Waals surface area contributed by atoms with Gasteiger partial charge in [-0.05, 0) is 23.8 Å². The minimum atomic E-state index is 1.09. The maximum absolute atomic E-state index is 3.20. The van der Waals surface area contributed by atoms with Crippen LogP contribution >= 0.6 is 0 Å². The standard InChI is InChI=1S/C16H15N/c1-3-9-15(10-4-1)11-7-8-14-17-16-12-5-2-6-13-16/h1-14,17H/b11-7-,14-8+. The maximum Gasteiger partial charge on any atom is 0.0379 e. The highest BCUT2D eigenvalue weighted by Gasteiger charge is 1.82. The van der Waals surface area contributed by atoms with E-state index in [0.717, 1.165) is 5.69 Å². The Morgan fingerprint density at radius 1 is 0.706 bits per heavy atom. The molecule has 1 N–H and O–H groups in total. The van der Waals surface area contributed by atoms with Crippen molar-refractivity contribution in [1.82, 2.24) is 0 Å². The van der Waals surface area contributed by atoms with Gasteiger partial charge < -0.3 is 5.32 Å². The molecule has 0 saturated carbocycles. The fourth-order valence-corrected chi connectivity index (χ4v) is 1.47. The summed E-state index contributed by atoms with van der Waals surface area (Å²) in [6.07, 6.45) is 8.00. The van der Waals surface area contributed by atoms with Gasteiger partial charge in [-0.2, -0.15) is 0 Å². The number of para-hydroxylation sites is 1. The number of allylic oxidation sites excluding steroid dienone is 2. The van der Waals surface area contributed by atoms with Crippen LogP contribution in [0.2, 0.25) is 0 Å². The molecule has 0 radical (unpaired) electrons. The van der Waals surface area contributed by atoms with Crippen molar-refractivity contribution in [3.05, 3.63) is 84.6 Å². The molecule has 2 aromatic carbocycles. The van der Waals surface area contributed by atoms with E-state index in [2.05, 4.69) is 23.5 Å². The summed E-state index contributed by atoms with van der Waals surface area (Å²) in [5.74, 6) is 0. The second-order valence-corrected chi connectivity index (χ2v) is 3.64. The van der Waals surface area contributed by atoms with Crippen LogP contribution in [0.4, 0.5) is 5.69 Å². The molecular formula is C16H15N. The van der Waals surface area contributed by atoms with E-state index in [-0.39, 0.29) is 0 Å². The number of hydrogen-bond donors (Lipinski definition) is 1. The summed E-state index contributed by atoms with van der Waals surface area (Å²) in [4.78, 5) is 0. The predicted octanol–water partition coefficient (Wildman–Crippen LogP) is 4.33. The van der Waals surface area contributed by atoms with Gasteiger partial charge in [0.15, 0.2) is 0 Å². The van der Waals surface area contributed by atoms with Crippen molar-refractivity contribution in [2.75, 3.05) is 5.32 Å². The smallest absolute Gasteiger partial charge is 0.0379 e. The molecule has 0 saturated heterocycles. The van der Waals surface area contributed by atoms with E-state index >= 15 is 0 Å². The molecule has 0 atom stereocenters. The van der Waals surface area contributed by atoms with Gasteiger partial charge in [0.05, 0.1) is 0 Å². The van der Waals surface area contributed by atoms with Crippen molar-refractivity contribution in [3.8, 4) is 0 Å². The van der Waals surface area contributed by atoms with Gasteiger partial charge in [-0.25, -0.2) is 0 Å². The van der Waals surface area contributed by atoms with Gasteiger partial charge in [0, 0.05) is 11.9 Å². The quantitative estimate of drug-likeness (QED) is 0.758. The topological polar surface area (TPSA) is 12.0 Å². The lowest BCUT2D eigenvalue weighted by molar-refractivity contribution is 1.58. The highest BCUT2D eigenvalue weighted by molar-refractivity contribution is 5.51. The summed E-state index contributed by atoms with van der Waals surface area (Å²) < 4.78 is 0. The summed E-state index contributed by atoms with van der Waals surface area (Å²) in [5.41, 5.74) is 2.30. The zero-order valence-electron chi connectivity index (χ0n) is 9.58. The number of anilines is 1. The van der Waals surface area contributed by atoms with Gasteiger partial charge in [-0.15, -0.1) is 0 Å². The molecule has 17 heavy (non-hydrogen) atoms. The SMILES string of the molecule is C(=C/c1ccccc1)/C=C/Nc1ccccc1. The summed E-state index contributed by atoms with van der Waals surface area (Å²) >= 11 is 0. The Bertz CT molecular complexity index is 483. The highest BCUT2D eigenvalue weighted by atomic mass is 14.8. The first-order valence-electron chi connectivity index (χ1n) is 5.65. The fourth-order valence-electron chi connectivity index (χ4n) is 1.47. The Hall–Kier alpha value is -2.28. The fraction of sp³-hybridized carbons (Fsp3) is 0. The minimum Gasteiger partial charge on any atom is -0.362 e. The molecule has 0 aliphatic carbocycles. The average Bonchev–Trinajstić information content (AvgIpc) is 2.41. The van der Waals surface area contributed by atoms with Crippen LogP contribution < -0.4 is 5.32 Å². The Kier molecular flexibility index (Phi) is 4.18. The molecule has 1 nitrogen and oxygen atoms in total. The molecule has 0 heterocycles. The van der Waals surface area contributed by atoms with E-state index in [4.69, 9.17) is 0 Å². The third-order valence-corrected chi connectivity index (χ3v) is 2.32. The molecule has 1 heteroatoms. The molecule has 0 aliphatic heterocycles. The van der Waals surface area contributed by atoms with Gasteiger partial charge in [0.2, 0.25) is 0 Å². The molecule has 2 rings (SSSR count). The van der Waals surface area contributed by atoms with Crippen molar-refractivity contribution in [2.45, 2.75) is 0 Å². The van der Waals surface area contributed by atoms with Gasteiger partial charge in [0.1, 0.15) is 0 Å². The normalized spacial score (nSPS) is 11.1. The van der Waals surface area contributed by atoms with Crippen LogP contribution in [0.15, 0.2) is 79.0 Å². The van der Waals surface area contributed by atoms with Crippen LogP contribution in [0, 0.1) is 0 Å². The van der Waals surface area contributed by atoms with Gasteiger partial charge >= 0.3 is 0 Å². The van der Waals surface area contributed by atoms with Crippen LogP contribution in [0.3, 0.4) is 0 Å². The first-order valence-corrected chi connectivity index (χ1v) is 5.65. The molecule has 0 fully saturated rings. The molecule has 0 bridgehead atoms. The van der Waals surface area contributed by atoms with Gasteiger partial charge in [0.25, 0.3) is 0 Å². The molecule has 2 aromatic rings. The summed E-state index contributed by atoms with van der Waals surface area (Å²) in [6.45, 7) is 0. The van der Waals surface area contributed by atoms with Crippen molar-refractivity contribution in [2.24, 2.45) is 0 Å². The highest BCUT2D eigenvalue weighted by Crippen LogP contribution is 2.04. The first kappa shape index (κ1) is 11.2. The largest absolute Gasteiger partial charge is 0.362 e. The maximum atomic E-state index is 3.20. The third kappa shape index (κ3) is 3.99. The molecule has 84 valence electrons. The summed E-state index contributed by atoms with van der Waals surface area (Å²) in [7, 11) is 0. The number of rotatable bonds is 4. The Labute approximate surface area is 102 Å². The Morgan fingerprint density at radius 2 is 1.35 bits per heavy atom. The van der Waals surface area contributed by atoms with Crippen molar-refractivity contribution >= 4 is 11.8 Å². The molecule has 0 spiro atoms. The van der Waals surface area contributed by atoms with Crippen LogP contribution in [0.25, 0.3) is 6.08 Å². The van der Waals surface area contributed by atoms with Crippen molar-refractivity contribution < 1.29 is 0 Å². The lowest BCUT2D eigenvalue weighted by Crippen LogP contribution is -1.84. The average molecular weight is 221 g/mol. The third-order valence-electron chi connectivity index (χ3n) is 2.32. The van der Waals surface area contributed by atoms with Gasteiger partial charge in [-0.1, -0.05) is 60.7 Å². The van der Waals surface area contributed by atoms with E-state index in [1.54, 1.807) is 0 Å². The molecule has 0 unspecified atom stereocenters. The first-order chi connectivity index (χ1) is 8.45. The molecule has 0 amide bonds. The Morgan fingerprint density at radius 3 is 2.06 bits per heavy atom. The molecular weight excluding hydrogens is 206 g/mol. The van der Waals surface area contributed by atoms with E-state index < -0.39 is 0 Å². The predicted molar refractivity (Wildman–Crippen MR) is 74.7 cm³/mol. The lowest BCUT2D eigenvalue weighted by atomic mass is 10.2. The second-order valence-electron chi connectivity index (χ2n) is 3.64. The molecule has 0 aromatic heterocycles. The second kappa shape index (κ2) is 6.33. The van der Waals surface area contributed by atoms with E-state index in [9.17, 15) is 0 Å². The zero-order valence-corrected chi connectivity index (χ0v) is 9.58. The Balaban J connectivity index is 1.85. The summed E-state index contributed by atoms with van der Waals surface area (Å²) in [6, 6.07) is 20.3. The number of benzene rings is 2. The van der Waals surface area contributed by atoms with Crippen LogP contribution in [-0.2, 0) is 0 Å². The monoisotopic (exact) mass is 221 g/mol. The minimum absolute atomic E-state index is 1.09. The number of hydrogen-bond acceptors (Lipinski definition) is 1. The van der Waals surface area contributed by atoms with Crippen LogP contribution in [0.1, 0.15) is 5.56 Å². The van der Waals surface area contributed by atoms with Crippen LogP contribution in [0.5, 0.6) is 0 Å². The van der Waals surface area contributed by atoms with Crippen LogP contribution in [-0.4, -0.2) is 0 Å².